The van der Waals surface area contributed by atoms with E-state index in [4.69, 9.17) is 16.1 Å². The lowest BCUT2D eigenvalue weighted by Crippen LogP contribution is -2.48. The Hall–Kier alpha value is -3.48. The van der Waals surface area contributed by atoms with Crippen LogP contribution in [0.5, 0.6) is 0 Å². The van der Waals surface area contributed by atoms with Gasteiger partial charge in [-0.15, -0.1) is 0 Å². The lowest BCUT2D eigenvalue weighted by molar-refractivity contribution is -0.132. The molecule has 0 aliphatic carbocycles. The molecule has 1 aromatic heterocycles. The Morgan fingerprint density at radius 1 is 0.943 bits per heavy atom. The van der Waals surface area contributed by atoms with Crippen LogP contribution in [0.3, 0.4) is 0 Å². The molecule has 5 rings (SSSR count). The fourth-order valence-electron chi connectivity index (χ4n) is 4.39. The van der Waals surface area contributed by atoms with E-state index in [2.05, 4.69) is 40.2 Å². The van der Waals surface area contributed by atoms with Crippen molar-refractivity contribution in [3.63, 3.8) is 0 Å². The number of aromatic nitrogens is 2. The summed E-state index contributed by atoms with van der Waals surface area (Å²) in [7, 11) is 0. The van der Waals surface area contributed by atoms with Crippen molar-refractivity contribution in [2.75, 3.05) is 26.2 Å². The maximum Gasteiger partial charge on any atom is 0.258 e. The van der Waals surface area contributed by atoms with Crippen molar-refractivity contribution in [3.05, 3.63) is 94.5 Å². The highest BCUT2D eigenvalue weighted by atomic mass is 35.5. The molecule has 1 amide bonds. The van der Waals surface area contributed by atoms with Crippen molar-refractivity contribution >= 4 is 17.5 Å². The molecule has 0 atom stereocenters. The first-order valence-electron chi connectivity index (χ1n) is 11.8. The summed E-state index contributed by atoms with van der Waals surface area (Å²) in [5, 5.41) is 4.79. The number of nitrogens with zero attached hydrogens (tertiary/aromatic N) is 4. The Morgan fingerprint density at radius 3 is 2.51 bits per heavy atom. The third kappa shape index (κ3) is 5.61. The number of halogens is 1. The molecule has 1 aliphatic rings. The van der Waals surface area contributed by atoms with Gasteiger partial charge in [-0.3, -0.25) is 9.69 Å². The van der Waals surface area contributed by atoms with Crippen LogP contribution in [-0.4, -0.2) is 52.0 Å². The minimum atomic E-state index is 0.202. The van der Waals surface area contributed by atoms with E-state index in [9.17, 15) is 4.79 Å². The van der Waals surface area contributed by atoms with Gasteiger partial charge < -0.3 is 9.42 Å². The second-order valence-corrected chi connectivity index (χ2v) is 9.33. The lowest BCUT2D eigenvalue weighted by atomic mass is 10.1. The number of amides is 1. The molecule has 0 bridgehead atoms. The van der Waals surface area contributed by atoms with Crippen molar-refractivity contribution < 1.29 is 9.32 Å². The summed E-state index contributed by atoms with van der Waals surface area (Å²) < 4.78 is 5.47. The molecule has 0 N–H and O–H groups in total. The van der Waals surface area contributed by atoms with Gasteiger partial charge in [0.05, 0.1) is 6.42 Å². The zero-order valence-electron chi connectivity index (χ0n) is 19.7. The van der Waals surface area contributed by atoms with Gasteiger partial charge in [0.2, 0.25) is 11.7 Å². The number of aryl methyl sites for hydroxylation is 1. The summed E-state index contributed by atoms with van der Waals surface area (Å²) in [6, 6.07) is 23.7. The van der Waals surface area contributed by atoms with Crippen molar-refractivity contribution in [1.82, 2.24) is 19.9 Å². The molecule has 4 aromatic rings. The van der Waals surface area contributed by atoms with Crippen LogP contribution in [0.2, 0.25) is 5.02 Å². The summed E-state index contributed by atoms with van der Waals surface area (Å²) >= 11 is 6.08. The molecule has 7 heteroatoms. The average molecular weight is 487 g/mol. The number of hydrogen-bond donors (Lipinski definition) is 0. The fraction of sp³-hybridized carbons (Fsp3) is 0.250. The molecule has 3 aromatic carbocycles. The van der Waals surface area contributed by atoms with Crippen LogP contribution in [0.15, 0.2) is 77.3 Å². The first-order chi connectivity index (χ1) is 17.0. The van der Waals surface area contributed by atoms with Gasteiger partial charge in [0.25, 0.3) is 5.89 Å². The summed E-state index contributed by atoms with van der Waals surface area (Å²) in [6.07, 6.45) is 0.469. The number of carbonyl (C=O) groups is 1. The summed E-state index contributed by atoms with van der Waals surface area (Å²) in [5.41, 5.74) is 5.16. The molecule has 0 spiro atoms. The summed E-state index contributed by atoms with van der Waals surface area (Å²) in [6.45, 7) is 6.07. The topological polar surface area (TPSA) is 62.5 Å². The van der Waals surface area contributed by atoms with Crippen LogP contribution in [0.1, 0.15) is 16.7 Å². The maximum absolute atomic E-state index is 12.8. The van der Waals surface area contributed by atoms with Gasteiger partial charge in [-0.1, -0.05) is 65.3 Å². The van der Waals surface area contributed by atoms with Gasteiger partial charge in [-0.25, -0.2) is 0 Å². The Bertz CT molecular complexity index is 1330. The predicted molar refractivity (Wildman–Crippen MR) is 137 cm³/mol. The smallest absolute Gasteiger partial charge is 0.258 e. The highest BCUT2D eigenvalue weighted by Gasteiger charge is 2.22. The molecule has 0 unspecified atom stereocenters. The van der Waals surface area contributed by atoms with Crippen molar-refractivity contribution in [2.24, 2.45) is 0 Å². The van der Waals surface area contributed by atoms with Gasteiger partial charge in [-0.2, -0.15) is 4.98 Å². The third-order valence-corrected chi connectivity index (χ3v) is 6.65. The van der Waals surface area contributed by atoms with Crippen LogP contribution in [0.4, 0.5) is 0 Å². The molecule has 6 nitrogen and oxygen atoms in total. The Balaban J connectivity index is 1.19. The van der Waals surface area contributed by atoms with E-state index in [-0.39, 0.29) is 5.91 Å². The molecule has 1 fully saturated rings. The van der Waals surface area contributed by atoms with Crippen LogP contribution >= 0.6 is 11.6 Å². The van der Waals surface area contributed by atoms with Crippen LogP contribution < -0.4 is 0 Å². The van der Waals surface area contributed by atoms with E-state index in [1.807, 2.05) is 53.4 Å². The first-order valence-corrected chi connectivity index (χ1v) is 12.2. The van der Waals surface area contributed by atoms with E-state index in [0.717, 1.165) is 49.4 Å². The molecular formula is C28H27ClN4O2. The normalized spacial score (nSPS) is 14.3. The molecule has 2 heterocycles. The van der Waals surface area contributed by atoms with E-state index in [0.29, 0.717) is 23.2 Å². The maximum atomic E-state index is 12.8. The van der Waals surface area contributed by atoms with Crippen LogP contribution in [-0.2, 0) is 17.8 Å². The monoisotopic (exact) mass is 486 g/mol. The standard InChI is InChI=1S/C28H27ClN4O2/c1-20-6-2-3-8-22(20)18-26(34)33-14-12-32(13-15-33)19-21-7-4-9-23(16-21)27-30-28(35-31-27)24-10-5-11-25(29)17-24/h2-11,16-17H,12-15,18-19H2,1H3. The third-order valence-electron chi connectivity index (χ3n) is 6.42. The van der Waals surface area contributed by atoms with Crippen LogP contribution in [0, 0.1) is 6.92 Å². The zero-order chi connectivity index (χ0) is 24.2. The SMILES string of the molecule is Cc1ccccc1CC(=O)N1CCN(Cc2cccc(-c3noc(-c4cccc(Cl)c4)n3)c2)CC1. The van der Waals surface area contributed by atoms with Gasteiger partial charge in [0.15, 0.2) is 0 Å². The first kappa shape index (κ1) is 23.3. The molecule has 0 saturated carbocycles. The van der Waals surface area contributed by atoms with Gasteiger partial charge >= 0.3 is 0 Å². The number of benzene rings is 3. The number of carbonyl (C=O) groups excluding carboxylic acids is 1. The second-order valence-electron chi connectivity index (χ2n) is 8.89. The number of hydrogen-bond acceptors (Lipinski definition) is 5. The largest absolute Gasteiger partial charge is 0.340 e. The van der Waals surface area contributed by atoms with Gasteiger partial charge in [0.1, 0.15) is 0 Å². The molecule has 1 aliphatic heterocycles. The number of rotatable bonds is 6. The van der Waals surface area contributed by atoms with Gasteiger partial charge in [0, 0.05) is 48.9 Å². The van der Waals surface area contributed by atoms with Crippen molar-refractivity contribution in [2.45, 2.75) is 19.9 Å². The highest BCUT2D eigenvalue weighted by Crippen LogP contribution is 2.25. The fourth-order valence-corrected chi connectivity index (χ4v) is 4.58. The van der Waals surface area contributed by atoms with Crippen molar-refractivity contribution in [1.29, 1.82) is 0 Å². The molecule has 178 valence electrons. The lowest BCUT2D eigenvalue weighted by Gasteiger charge is -2.35. The minimum absolute atomic E-state index is 0.202. The van der Waals surface area contributed by atoms with Crippen molar-refractivity contribution in [3.8, 4) is 22.8 Å². The number of piperazine rings is 1. The molecule has 1 saturated heterocycles. The zero-order valence-corrected chi connectivity index (χ0v) is 20.4. The molecule has 35 heavy (non-hydrogen) atoms. The van der Waals surface area contributed by atoms with E-state index >= 15 is 0 Å². The predicted octanol–water partition coefficient (Wildman–Crippen LogP) is 5.25. The molecular weight excluding hydrogens is 460 g/mol. The van der Waals surface area contributed by atoms with Crippen LogP contribution in [0.25, 0.3) is 22.8 Å². The van der Waals surface area contributed by atoms with E-state index in [1.165, 1.54) is 11.1 Å². The van der Waals surface area contributed by atoms with E-state index < -0.39 is 0 Å². The quantitative estimate of drug-likeness (QED) is 0.372. The summed E-state index contributed by atoms with van der Waals surface area (Å²) in [5.74, 6) is 1.20. The second kappa shape index (κ2) is 10.4. The summed E-state index contributed by atoms with van der Waals surface area (Å²) in [4.78, 5) is 21.7. The van der Waals surface area contributed by atoms with Gasteiger partial charge in [-0.05, 0) is 47.9 Å². The van der Waals surface area contributed by atoms with E-state index in [1.54, 1.807) is 6.07 Å². The highest BCUT2D eigenvalue weighted by molar-refractivity contribution is 6.30. The average Bonchev–Trinajstić information content (AvgIpc) is 3.37. The Labute approximate surface area is 210 Å². The minimum Gasteiger partial charge on any atom is -0.340 e. The Morgan fingerprint density at radius 2 is 1.71 bits per heavy atom. The Kier molecular flexibility index (Phi) is 6.93. The molecule has 0 radical (unpaired) electrons.